The third kappa shape index (κ3) is 3.38. The fourth-order valence-corrected chi connectivity index (χ4v) is 1.68. The molecule has 0 N–H and O–H groups in total. The summed E-state index contributed by atoms with van der Waals surface area (Å²) in [6.45, 7) is 2.89. The van der Waals surface area contributed by atoms with Crippen LogP contribution in [-0.4, -0.2) is 12.7 Å². The Labute approximate surface area is 91.0 Å². The van der Waals surface area contributed by atoms with E-state index in [2.05, 4.69) is 19.1 Å². The Hall–Kier alpha value is -1.32. The minimum absolute atomic E-state index is 0.142. The third-order valence-electron chi connectivity index (χ3n) is 2.63. The van der Waals surface area contributed by atoms with E-state index in [0.717, 1.165) is 25.9 Å². The van der Waals surface area contributed by atoms with Gasteiger partial charge in [-0.1, -0.05) is 13.3 Å². The van der Waals surface area contributed by atoms with Crippen LogP contribution >= 0.6 is 0 Å². The van der Waals surface area contributed by atoms with E-state index in [-0.39, 0.29) is 6.10 Å². The van der Waals surface area contributed by atoms with Crippen molar-refractivity contribution in [3.63, 3.8) is 0 Å². The molecule has 0 bridgehead atoms. The molecule has 1 unspecified atom stereocenters. The van der Waals surface area contributed by atoms with Crippen molar-refractivity contribution in [3.05, 3.63) is 11.1 Å². The van der Waals surface area contributed by atoms with Crippen LogP contribution < -0.4 is 0 Å². The number of nitriles is 2. The first-order chi connectivity index (χ1) is 7.31. The summed E-state index contributed by atoms with van der Waals surface area (Å²) in [5.74, 6) is 0. The monoisotopic (exact) mass is 204 g/mol. The van der Waals surface area contributed by atoms with Crippen molar-refractivity contribution in [2.24, 2.45) is 0 Å². The average molecular weight is 204 g/mol. The van der Waals surface area contributed by atoms with Gasteiger partial charge in [0.2, 0.25) is 0 Å². The van der Waals surface area contributed by atoms with Crippen molar-refractivity contribution in [3.8, 4) is 12.1 Å². The topological polar surface area (TPSA) is 56.8 Å². The van der Waals surface area contributed by atoms with Crippen LogP contribution in [0.4, 0.5) is 0 Å². The lowest BCUT2D eigenvalue weighted by molar-refractivity contribution is 0.0437. The van der Waals surface area contributed by atoms with E-state index in [4.69, 9.17) is 15.3 Å². The molecule has 3 nitrogen and oxygen atoms in total. The van der Waals surface area contributed by atoms with Gasteiger partial charge < -0.3 is 4.74 Å². The lowest BCUT2D eigenvalue weighted by atomic mass is 9.91. The van der Waals surface area contributed by atoms with Crippen LogP contribution in [0.15, 0.2) is 11.1 Å². The molecular weight excluding hydrogens is 188 g/mol. The first kappa shape index (κ1) is 11.8. The quantitative estimate of drug-likeness (QED) is 0.661. The number of rotatable bonds is 4. The van der Waals surface area contributed by atoms with Gasteiger partial charge in [-0.25, -0.2) is 0 Å². The zero-order chi connectivity index (χ0) is 11.1. The highest BCUT2D eigenvalue weighted by Gasteiger charge is 2.21. The maximum absolute atomic E-state index is 8.87. The summed E-state index contributed by atoms with van der Waals surface area (Å²) in [4.78, 5) is 0. The number of unbranched alkanes of at least 4 members (excludes halogenated alkanes) is 1. The minimum Gasteiger partial charge on any atom is -0.378 e. The van der Waals surface area contributed by atoms with Gasteiger partial charge in [-0.05, 0) is 19.3 Å². The predicted molar refractivity (Wildman–Crippen MR) is 56.8 cm³/mol. The van der Waals surface area contributed by atoms with E-state index >= 15 is 0 Å². The van der Waals surface area contributed by atoms with E-state index in [1.54, 1.807) is 0 Å². The van der Waals surface area contributed by atoms with E-state index in [1.807, 2.05) is 0 Å². The van der Waals surface area contributed by atoms with Crippen LogP contribution in [0.25, 0.3) is 0 Å². The van der Waals surface area contributed by atoms with Crippen molar-refractivity contribution in [1.29, 1.82) is 10.5 Å². The summed E-state index contributed by atoms with van der Waals surface area (Å²) < 4.78 is 5.65. The molecule has 15 heavy (non-hydrogen) atoms. The molecular formula is C12H16N2O. The molecule has 80 valence electrons. The molecule has 0 radical (unpaired) electrons. The Bertz CT molecular complexity index is 319. The fourth-order valence-electron chi connectivity index (χ4n) is 1.68. The molecule has 0 aliphatic heterocycles. The molecule has 0 aromatic heterocycles. The van der Waals surface area contributed by atoms with Crippen LogP contribution in [0.5, 0.6) is 0 Å². The molecule has 0 spiro atoms. The molecule has 3 heteroatoms. The predicted octanol–water partition coefficient (Wildman–Crippen LogP) is 2.70. The zero-order valence-electron chi connectivity index (χ0n) is 9.12. The van der Waals surface area contributed by atoms with E-state index in [9.17, 15) is 0 Å². The van der Waals surface area contributed by atoms with Gasteiger partial charge in [0.25, 0.3) is 0 Å². The van der Waals surface area contributed by atoms with Crippen LogP contribution in [0, 0.1) is 22.7 Å². The molecule has 1 rings (SSSR count). The second-order valence-electron chi connectivity index (χ2n) is 3.77. The van der Waals surface area contributed by atoms with Gasteiger partial charge in [0.1, 0.15) is 0 Å². The van der Waals surface area contributed by atoms with Gasteiger partial charge in [-0.2, -0.15) is 10.5 Å². The first-order valence-electron chi connectivity index (χ1n) is 5.45. The Morgan fingerprint density at radius 1 is 1.33 bits per heavy atom. The summed E-state index contributed by atoms with van der Waals surface area (Å²) >= 11 is 0. The molecule has 1 aliphatic rings. The fraction of sp³-hybridized carbons (Fsp3) is 0.667. The number of nitrogens with zero attached hydrogens (tertiary/aromatic N) is 2. The molecule has 1 atom stereocenters. The second-order valence-corrected chi connectivity index (χ2v) is 3.77. The van der Waals surface area contributed by atoms with Gasteiger partial charge in [0.05, 0.1) is 18.2 Å². The number of allylic oxidation sites excluding steroid dienone is 1. The molecule has 0 amide bonds. The minimum atomic E-state index is 0.142. The van der Waals surface area contributed by atoms with Gasteiger partial charge in [-0.15, -0.1) is 0 Å². The average Bonchev–Trinajstić information content (AvgIpc) is 2.29. The van der Waals surface area contributed by atoms with Crippen molar-refractivity contribution in [2.45, 2.75) is 45.1 Å². The van der Waals surface area contributed by atoms with Crippen LogP contribution in [-0.2, 0) is 4.74 Å². The third-order valence-corrected chi connectivity index (χ3v) is 2.63. The van der Waals surface area contributed by atoms with Gasteiger partial charge in [0.15, 0.2) is 0 Å². The first-order valence-corrected chi connectivity index (χ1v) is 5.45. The highest BCUT2D eigenvalue weighted by molar-refractivity contribution is 5.38. The highest BCUT2D eigenvalue weighted by atomic mass is 16.5. The molecule has 0 saturated carbocycles. The molecule has 1 aliphatic carbocycles. The normalized spacial score (nSPS) is 20.9. The summed E-state index contributed by atoms with van der Waals surface area (Å²) in [7, 11) is 0. The van der Waals surface area contributed by atoms with Crippen molar-refractivity contribution < 1.29 is 4.74 Å². The lowest BCUT2D eigenvalue weighted by Crippen LogP contribution is -2.19. The number of hydrogen-bond donors (Lipinski definition) is 0. The Morgan fingerprint density at radius 2 is 2.07 bits per heavy atom. The lowest BCUT2D eigenvalue weighted by Gasteiger charge is -2.21. The molecule has 0 aromatic carbocycles. The van der Waals surface area contributed by atoms with Gasteiger partial charge in [0, 0.05) is 24.2 Å². The molecule has 0 fully saturated rings. The second kappa shape index (κ2) is 6.22. The summed E-state index contributed by atoms with van der Waals surface area (Å²) in [6, 6.07) is 4.20. The van der Waals surface area contributed by atoms with Crippen LogP contribution in [0.1, 0.15) is 39.0 Å². The Balaban J connectivity index is 2.47. The number of ether oxygens (including phenoxy) is 1. The van der Waals surface area contributed by atoms with Crippen LogP contribution in [0.2, 0.25) is 0 Å². The van der Waals surface area contributed by atoms with Crippen LogP contribution in [0.3, 0.4) is 0 Å². The Kier molecular flexibility index (Phi) is 4.87. The highest BCUT2D eigenvalue weighted by Crippen LogP contribution is 2.26. The van der Waals surface area contributed by atoms with E-state index in [1.165, 1.54) is 0 Å². The zero-order valence-corrected chi connectivity index (χ0v) is 9.12. The summed E-state index contributed by atoms with van der Waals surface area (Å²) in [5, 5.41) is 17.7. The Morgan fingerprint density at radius 3 is 2.67 bits per heavy atom. The van der Waals surface area contributed by atoms with Gasteiger partial charge in [-0.3, -0.25) is 0 Å². The van der Waals surface area contributed by atoms with E-state index < -0.39 is 0 Å². The summed E-state index contributed by atoms with van der Waals surface area (Å²) in [5.41, 5.74) is 1.26. The maximum atomic E-state index is 8.87. The smallest absolute Gasteiger partial charge is 0.0958 e. The number of hydrogen-bond acceptors (Lipinski definition) is 3. The van der Waals surface area contributed by atoms with E-state index in [0.29, 0.717) is 24.0 Å². The van der Waals surface area contributed by atoms with Crippen molar-refractivity contribution in [1.82, 2.24) is 0 Å². The summed E-state index contributed by atoms with van der Waals surface area (Å²) in [6.07, 6.45) is 4.50. The molecule has 0 aromatic rings. The maximum Gasteiger partial charge on any atom is 0.0958 e. The SMILES string of the molecule is CCCCOC1CCC(C#N)=C(C#N)C1. The molecule has 0 heterocycles. The van der Waals surface area contributed by atoms with Gasteiger partial charge >= 0.3 is 0 Å². The standard InChI is InChI=1S/C12H16N2O/c1-2-3-6-15-12-5-4-10(8-13)11(7-12)9-14/h12H,2-7H2,1H3. The van der Waals surface area contributed by atoms with Crippen molar-refractivity contribution in [2.75, 3.05) is 6.61 Å². The van der Waals surface area contributed by atoms with Crippen molar-refractivity contribution >= 4 is 0 Å². The largest absolute Gasteiger partial charge is 0.378 e. The molecule has 0 saturated heterocycles.